The van der Waals surface area contributed by atoms with Gasteiger partial charge in [-0.2, -0.15) is 23.5 Å². The van der Waals surface area contributed by atoms with Crippen LogP contribution in [0, 0.1) is 11.3 Å². The highest BCUT2D eigenvalue weighted by Crippen LogP contribution is 2.30. The highest BCUT2D eigenvalue weighted by molar-refractivity contribution is 5.93. The molecule has 0 atom stereocenters. The van der Waals surface area contributed by atoms with Crippen LogP contribution in [0.25, 0.3) is 11.3 Å². The second kappa shape index (κ2) is 9.64. The maximum atomic E-state index is 12.6. The quantitative estimate of drug-likeness (QED) is 0.646. The molecule has 9 heteroatoms. The Labute approximate surface area is 183 Å². The lowest BCUT2D eigenvalue weighted by atomic mass is 10.0. The van der Waals surface area contributed by atoms with Crippen molar-refractivity contribution in [2.75, 3.05) is 0 Å². The zero-order valence-electron chi connectivity index (χ0n) is 17.5. The number of fused-ring (bicyclic) bond motifs is 1. The van der Waals surface area contributed by atoms with Crippen LogP contribution in [0.5, 0.6) is 0 Å². The van der Waals surface area contributed by atoms with Crippen LogP contribution in [0.1, 0.15) is 52.6 Å². The molecule has 0 saturated heterocycles. The van der Waals surface area contributed by atoms with E-state index >= 15 is 0 Å². The molecule has 0 unspecified atom stereocenters. The maximum Gasteiger partial charge on any atom is 0.433 e. The van der Waals surface area contributed by atoms with Gasteiger partial charge < -0.3 is 5.73 Å². The van der Waals surface area contributed by atoms with Crippen molar-refractivity contribution in [1.29, 1.82) is 5.26 Å². The molecule has 166 valence electrons. The largest absolute Gasteiger partial charge is 0.433 e. The lowest BCUT2D eigenvalue weighted by Crippen LogP contribution is -2.11. The van der Waals surface area contributed by atoms with Crippen molar-refractivity contribution < 1.29 is 18.0 Å². The Bertz CT molecular complexity index is 1140. The van der Waals surface area contributed by atoms with Crippen molar-refractivity contribution in [1.82, 2.24) is 14.8 Å². The number of carbonyl (C=O) groups excluding carboxylic acids is 1. The van der Waals surface area contributed by atoms with Crippen LogP contribution in [-0.4, -0.2) is 20.7 Å². The Morgan fingerprint density at radius 1 is 1.22 bits per heavy atom. The molecule has 1 aliphatic heterocycles. The molecule has 1 aromatic carbocycles. The molecule has 0 fully saturated rings. The van der Waals surface area contributed by atoms with Crippen molar-refractivity contribution >= 4 is 5.91 Å². The molecular weight excluding hydrogens is 419 g/mol. The molecule has 2 aromatic heterocycles. The van der Waals surface area contributed by atoms with Gasteiger partial charge in [0.25, 0.3) is 0 Å². The van der Waals surface area contributed by atoms with Gasteiger partial charge in [-0.25, -0.2) is 0 Å². The molecule has 0 aliphatic carbocycles. The average molecular weight is 441 g/mol. The molecule has 4 rings (SSSR count). The standard InChI is InChI=1S/C13H12F3N3.C10H10N2O/c14-13(15,16)12-7-9(4-5-17-12)11-8-10-3-1-2-6-19(10)18-11;1-2-7-3-8(6-11)5-9(4-7)10(12)13/h4-5,7-8H,1-3,6H2;3-5H,2H2,1H3,(H2,12,13). The summed E-state index contributed by atoms with van der Waals surface area (Å²) >= 11 is 0. The third-order valence-corrected chi connectivity index (χ3v) is 5.08. The highest BCUT2D eigenvalue weighted by Gasteiger charge is 2.32. The summed E-state index contributed by atoms with van der Waals surface area (Å²) in [4.78, 5) is 14.2. The molecule has 0 radical (unpaired) electrons. The third kappa shape index (κ3) is 5.52. The van der Waals surface area contributed by atoms with Gasteiger partial charge in [-0.15, -0.1) is 0 Å². The third-order valence-electron chi connectivity index (χ3n) is 5.08. The van der Waals surface area contributed by atoms with E-state index in [1.165, 1.54) is 12.3 Å². The summed E-state index contributed by atoms with van der Waals surface area (Å²) < 4.78 is 39.7. The second-order valence-electron chi connectivity index (χ2n) is 7.38. The number of rotatable bonds is 3. The highest BCUT2D eigenvalue weighted by atomic mass is 19.4. The first kappa shape index (κ1) is 23.0. The molecule has 0 spiro atoms. The number of nitrogens with zero attached hydrogens (tertiary/aromatic N) is 4. The SMILES string of the molecule is CCc1cc(C#N)cc(C(N)=O)c1.FC(F)(F)c1cc(-c2cc3n(n2)CCCC3)ccn1. The van der Waals surface area contributed by atoms with Crippen LogP contribution < -0.4 is 5.73 Å². The number of amides is 1. The van der Waals surface area contributed by atoms with Crippen molar-refractivity contribution in [2.24, 2.45) is 5.73 Å². The fourth-order valence-corrected chi connectivity index (χ4v) is 3.41. The van der Waals surface area contributed by atoms with Gasteiger partial charge >= 0.3 is 6.18 Å². The van der Waals surface area contributed by atoms with Crippen LogP contribution in [-0.2, 0) is 25.6 Å². The molecule has 2 N–H and O–H groups in total. The number of hydrogen-bond acceptors (Lipinski definition) is 4. The normalized spacial score (nSPS) is 12.8. The number of aryl methyl sites for hydroxylation is 3. The lowest BCUT2D eigenvalue weighted by molar-refractivity contribution is -0.141. The zero-order chi connectivity index (χ0) is 23.3. The molecule has 0 bridgehead atoms. The Kier molecular flexibility index (Phi) is 6.93. The Morgan fingerprint density at radius 3 is 2.62 bits per heavy atom. The van der Waals surface area contributed by atoms with Crippen LogP contribution in [0.2, 0.25) is 0 Å². The van der Waals surface area contributed by atoms with Gasteiger partial charge in [0.05, 0.1) is 17.3 Å². The van der Waals surface area contributed by atoms with Crippen molar-refractivity contribution in [3.63, 3.8) is 0 Å². The monoisotopic (exact) mass is 441 g/mol. The van der Waals surface area contributed by atoms with Crippen LogP contribution in [0.4, 0.5) is 13.2 Å². The van der Waals surface area contributed by atoms with E-state index in [2.05, 4.69) is 10.1 Å². The van der Waals surface area contributed by atoms with E-state index in [-0.39, 0.29) is 0 Å². The van der Waals surface area contributed by atoms with E-state index < -0.39 is 17.8 Å². The van der Waals surface area contributed by atoms with Crippen molar-refractivity contribution in [3.8, 4) is 17.3 Å². The fraction of sp³-hybridized carbons (Fsp3) is 0.304. The molecular formula is C23H22F3N5O. The zero-order valence-corrected chi connectivity index (χ0v) is 17.5. The molecule has 3 aromatic rings. The smallest absolute Gasteiger partial charge is 0.366 e. The van der Waals surface area contributed by atoms with E-state index in [1.807, 2.05) is 23.7 Å². The van der Waals surface area contributed by atoms with E-state index in [0.717, 1.165) is 49.6 Å². The summed E-state index contributed by atoms with van der Waals surface area (Å²) in [6.45, 7) is 2.80. The number of pyridine rings is 1. The van der Waals surface area contributed by atoms with Crippen LogP contribution in [0.15, 0.2) is 42.6 Å². The van der Waals surface area contributed by atoms with E-state index in [1.54, 1.807) is 18.2 Å². The first-order valence-corrected chi connectivity index (χ1v) is 10.2. The average Bonchev–Trinajstić information content (AvgIpc) is 3.23. The maximum absolute atomic E-state index is 12.6. The molecule has 6 nitrogen and oxygen atoms in total. The summed E-state index contributed by atoms with van der Waals surface area (Å²) in [5, 5.41) is 13.0. The van der Waals surface area contributed by atoms with Gasteiger partial charge in [-0.1, -0.05) is 6.92 Å². The van der Waals surface area contributed by atoms with Crippen LogP contribution in [0.3, 0.4) is 0 Å². The topological polar surface area (TPSA) is 97.6 Å². The number of benzene rings is 1. The van der Waals surface area contributed by atoms with Gasteiger partial charge in [0.1, 0.15) is 5.69 Å². The molecule has 3 heterocycles. The van der Waals surface area contributed by atoms with Crippen LogP contribution >= 0.6 is 0 Å². The number of halogens is 3. The predicted octanol–water partition coefficient (Wildman–Crippen LogP) is 4.52. The van der Waals surface area contributed by atoms with E-state index in [0.29, 0.717) is 22.4 Å². The number of nitriles is 1. The second-order valence-corrected chi connectivity index (χ2v) is 7.38. The number of nitrogens with two attached hydrogens (primary N) is 1. The number of carbonyl (C=O) groups is 1. The van der Waals surface area contributed by atoms with Gasteiger partial charge in [-0.05, 0) is 67.6 Å². The predicted molar refractivity (Wildman–Crippen MR) is 112 cm³/mol. The number of aromatic nitrogens is 3. The summed E-state index contributed by atoms with van der Waals surface area (Å²) in [6, 6.07) is 11.4. The Hall–Kier alpha value is -3.67. The minimum Gasteiger partial charge on any atom is -0.366 e. The molecule has 1 aliphatic rings. The summed E-state index contributed by atoms with van der Waals surface area (Å²) in [7, 11) is 0. The van der Waals surface area contributed by atoms with Gasteiger partial charge in [0.2, 0.25) is 5.91 Å². The Balaban J connectivity index is 0.000000195. The van der Waals surface area contributed by atoms with Crippen molar-refractivity contribution in [3.05, 3.63) is 70.7 Å². The number of alkyl halides is 3. The lowest BCUT2D eigenvalue weighted by Gasteiger charge is -2.11. The summed E-state index contributed by atoms with van der Waals surface area (Å²) in [5.41, 5.74) is 8.20. The van der Waals surface area contributed by atoms with E-state index in [4.69, 9.17) is 11.0 Å². The van der Waals surface area contributed by atoms with Gasteiger partial charge in [0, 0.05) is 29.6 Å². The molecule has 32 heavy (non-hydrogen) atoms. The van der Waals surface area contributed by atoms with Gasteiger partial charge in [-0.3, -0.25) is 14.5 Å². The minimum absolute atomic E-state index is 0.399. The first-order valence-electron chi connectivity index (χ1n) is 10.2. The van der Waals surface area contributed by atoms with Crippen molar-refractivity contribution in [2.45, 2.75) is 45.3 Å². The fourth-order valence-electron chi connectivity index (χ4n) is 3.41. The number of primary amides is 1. The van der Waals surface area contributed by atoms with E-state index in [9.17, 15) is 18.0 Å². The summed E-state index contributed by atoms with van der Waals surface area (Å²) in [6.07, 6.45) is 0.652. The number of hydrogen-bond donors (Lipinski definition) is 1. The Morgan fingerprint density at radius 2 is 2.00 bits per heavy atom. The molecule has 1 amide bonds. The molecule has 0 saturated carbocycles. The minimum atomic E-state index is -4.42. The summed E-state index contributed by atoms with van der Waals surface area (Å²) in [5.74, 6) is -0.494. The first-order chi connectivity index (χ1) is 15.2. The van der Waals surface area contributed by atoms with Gasteiger partial charge in [0.15, 0.2) is 0 Å².